The number of carbonyl (C=O) groups is 1. The van der Waals surface area contributed by atoms with E-state index >= 15 is 0 Å². The SMILES string of the molecule is COc1ccc(C(=O)NCCN(C)c2ncnc3scc(C)c23)c(C)c1. The molecule has 0 bridgehead atoms. The van der Waals surface area contributed by atoms with E-state index < -0.39 is 0 Å². The first-order chi connectivity index (χ1) is 12.5. The summed E-state index contributed by atoms with van der Waals surface area (Å²) in [5, 5.41) is 6.14. The lowest BCUT2D eigenvalue weighted by molar-refractivity contribution is 0.0954. The second-order valence-electron chi connectivity index (χ2n) is 6.15. The lowest BCUT2D eigenvalue weighted by atomic mass is 10.1. The molecule has 26 heavy (non-hydrogen) atoms. The molecule has 3 rings (SSSR count). The highest BCUT2D eigenvalue weighted by atomic mass is 32.1. The van der Waals surface area contributed by atoms with Crippen molar-refractivity contribution in [2.24, 2.45) is 0 Å². The summed E-state index contributed by atoms with van der Waals surface area (Å²) < 4.78 is 5.18. The normalized spacial score (nSPS) is 10.8. The van der Waals surface area contributed by atoms with Crippen LogP contribution in [0.4, 0.5) is 5.82 Å². The van der Waals surface area contributed by atoms with Gasteiger partial charge in [-0.1, -0.05) is 0 Å². The van der Waals surface area contributed by atoms with Crippen LogP contribution in [0, 0.1) is 13.8 Å². The van der Waals surface area contributed by atoms with Crippen molar-refractivity contribution in [3.63, 3.8) is 0 Å². The first-order valence-electron chi connectivity index (χ1n) is 8.34. The third-order valence-electron chi connectivity index (χ3n) is 4.31. The van der Waals surface area contributed by atoms with E-state index in [2.05, 4.69) is 27.6 Å². The fourth-order valence-electron chi connectivity index (χ4n) is 2.84. The van der Waals surface area contributed by atoms with E-state index in [1.807, 2.05) is 24.9 Å². The first-order valence-corrected chi connectivity index (χ1v) is 9.22. The highest BCUT2D eigenvalue weighted by Gasteiger charge is 2.13. The van der Waals surface area contributed by atoms with Gasteiger partial charge in [0, 0.05) is 25.7 Å². The van der Waals surface area contributed by atoms with Crippen molar-refractivity contribution in [2.75, 3.05) is 32.1 Å². The van der Waals surface area contributed by atoms with Crippen LogP contribution in [0.5, 0.6) is 5.75 Å². The van der Waals surface area contributed by atoms with Crippen molar-refractivity contribution in [1.29, 1.82) is 0 Å². The Labute approximate surface area is 156 Å². The molecule has 7 heteroatoms. The van der Waals surface area contributed by atoms with Gasteiger partial charge in [0.25, 0.3) is 5.91 Å². The minimum absolute atomic E-state index is 0.0851. The maximum Gasteiger partial charge on any atom is 0.251 e. The van der Waals surface area contributed by atoms with E-state index in [0.29, 0.717) is 18.7 Å². The maximum absolute atomic E-state index is 12.4. The molecule has 3 aromatic rings. The topological polar surface area (TPSA) is 67.3 Å². The highest BCUT2D eigenvalue weighted by Crippen LogP contribution is 2.29. The Morgan fingerprint density at radius 3 is 2.81 bits per heavy atom. The van der Waals surface area contributed by atoms with Crippen molar-refractivity contribution in [2.45, 2.75) is 13.8 Å². The van der Waals surface area contributed by atoms with E-state index in [1.54, 1.807) is 36.9 Å². The number of fused-ring (bicyclic) bond motifs is 1. The van der Waals surface area contributed by atoms with Crippen LogP contribution in [-0.2, 0) is 0 Å². The molecule has 6 nitrogen and oxygen atoms in total. The van der Waals surface area contributed by atoms with E-state index in [9.17, 15) is 4.79 Å². The van der Waals surface area contributed by atoms with Gasteiger partial charge in [0.05, 0.1) is 12.5 Å². The lowest BCUT2D eigenvalue weighted by Crippen LogP contribution is -2.33. The predicted molar refractivity (Wildman–Crippen MR) is 105 cm³/mol. The molecule has 1 amide bonds. The molecule has 0 aliphatic rings. The third kappa shape index (κ3) is 3.62. The molecule has 0 radical (unpaired) electrons. The summed E-state index contributed by atoms with van der Waals surface area (Å²) in [5.41, 5.74) is 2.72. The Balaban J connectivity index is 1.64. The number of carbonyl (C=O) groups excluding carboxylic acids is 1. The summed E-state index contributed by atoms with van der Waals surface area (Å²) in [6, 6.07) is 5.44. The fraction of sp³-hybridized carbons (Fsp3) is 0.316. The Bertz CT molecular complexity index is 938. The van der Waals surface area contributed by atoms with Crippen molar-refractivity contribution in [3.05, 3.63) is 46.6 Å². The van der Waals surface area contributed by atoms with Gasteiger partial charge in [-0.05, 0) is 48.6 Å². The summed E-state index contributed by atoms with van der Waals surface area (Å²) >= 11 is 1.62. The maximum atomic E-state index is 12.4. The molecule has 136 valence electrons. The van der Waals surface area contributed by atoms with E-state index in [0.717, 1.165) is 27.3 Å². The number of nitrogens with zero attached hydrogens (tertiary/aromatic N) is 3. The number of hydrogen-bond acceptors (Lipinski definition) is 6. The summed E-state index contributed by atoms with van der Waals surface area (Å²) in [6.45, 7) is 5.14. The molecule has 0 spiro atoms. The molecule has 1 N–H and O–H groups in total. The number of aryl methyl sites for hydroxylation is 2. The van der Waals surface area contributed by atoms with Gasteiger partial charge in [-0.2, -0.15) is 0 Å². The van der Waals surface area contributed by atoms with Crippen LogP contribution in [0.15, 0.2) is 29.9 Å². The average Bonchev–Trinajstić information content (AvgIpc) is 3.02. The smallest absolute Gasteiger partial charge is 0.251 e. The summed E-state index contributed by atoms with van der Waals surface area (Å²) in [5.74, 6) is 1.56. The van der Waals surface area contributed by atoms with Gasteiger partial charge >= 0.3 is 0 Å². The van der Waals surface area contributed by atoms with Gasteiger partial charge in [0.2, 0.25) is 0 Å². The molecule has 1 aromatic carbocycles. The number of amides is 1. The van der Waals surface area contributed by atoms with E-state index in [1.165, 1.54) is 5.56 Å². The van der Waals surface area contributed by atoms with Crippen LogP contribution in [0.3, 0.4) is 0 Å². The van der Waals surface area contributed by atoms with Gasteiger partial charge in [-0.15, -0.1) is 11.3 Å². The Kier molecular flexibility index (Phi) is 5.37. The van der Waals surface area contributed by atoms with Crippen molar-refractivity contribution >= 4 is 33.3 Å². The average molecular weight is 370 g/mol. The highest BCUT2D eigenvalue weighted by molar-refractivity contribution is 7.17. The number of rotatable bonds is 6. The largest absolute Gasteiger partial charge is 0.497 e. The van der Waals surface area contributed by atoms with Crippen LogP contribution in [0.1, 0.15) is 21.5 Å². The number of thiophene rings is 1. The summed E-state index contributed by atoms with van der Waals surface area (Å²) in [6.07, 6.45) is 1.59. The third-order valence-corrected chi connectivity index (χ3v) is 5.31. The van der Waals surface area contributed by atoms with Gasteiger partial charge in [0.1, 0.15) is 22.7 Å². The number of ether oxygens (including phenoxy) is 1. The molecule has 0 atom stereocenters. The Morgan fingerprint density at radius 1 is 1.27 bits per heavy atom. The van der Waals surface area contributed by atoms with E-state index in [-0.39, 0.29) is 5.91 Å². The number of nitrogens with one attached hydrogen (secondary N) is 1. The standard InChI is InChI=1S/C19H22N4O2S/c1-12-9-14(25-4)5-6-15(12)18(24)20-7-8-23(3)17-16-13(2)10-26-19(16)22-11-21-17/h5-6,9-11H,7-8H2,1-4H3,(H,20,24). The van der Waals surface area contributed by atoms with Crippen LogP contribution < -0.4 is 15.0 Å². The van der Waals surface area contributed by atoms with Crippen LogP contribution in [-0.4, -0.2) is 43.1 Å². The lowest BCUT2D eigenvalue weighted by Gasteiger charge is -2.19. The van der Waals surface area contributed by atoms with Gasteiger partial charge in [-0.25, -0.2) is 9.97 Å². The molecule has 0 aliphatic heterocycles. The zero-order valence-corrected chi connectivity index (χ0v) is 16.2. The molecule has 0 aliphatic carbocycles. The minimum atomic E-state index is -0.0851. The fourth-order valence-corrected chi connectivity index (χ4v) is 3.73. The van der Waals surface area contributed by atoms with Crippen molar-refractivity contribution < 1.29 is 9.53 Å². The Hall–Kier alpha value is -2.67. The van der Waals surface area contributed by atoms with Crippen LogP contribution >= 0.6 is 11.3 Å². The molecule has 0 fully saturated rings. The van der Waals surface area contributed by atoms with Gasteiger partial charge in [-0.3, -0.25) is 4.79 Å². The first kappa shape index (κ1) is 18.1. The number of anilines is 1. The van der Waals surface area contributed by atoms with Crippen LogP contribution in [0.2, 0.25) is 0 Å². The quantitative estimate of drug-likeness (QED) is 0.722. The molecule has 0 saturated carbocycles. The molecular weight excluding hydrogens is 348 g/mol. The Morgan fingerprint density at radius 2 is 2.08 bits per heavy atom. The van der Waals surface area contributed by atoms with Crippen LogP contribution in [0.25, 0.3) is 10.2 Å². The number of benzene rings is 1. The van der Waals surface area contributed by atoms with Gasteiger partial charge in [0.15, 0.2) is 0 Å². The number of aromatic nitrogens is 2. The van der Waals surface area contributed by atoms with E-state index in [4.69, 9.17) is 4.74 Å². The van der Waals surface area contributed by atoms with Crippen molar-refractivity contribution in [1.82, 2.24) is 15.3 Å². The zero-order valence-electron chi connectivity index (χ0n) is 15.4. The van der Waals surface area contributed by atoms with Crippen molar-refractivity contribution in [3.8, 4) is 5.75 Å². The second-order valence-corrected chi connectivity index (χ2v) is 7.01. The number of likely N-dealkylation sites (N-methyl/N-ethyl adjacent to an activating group) is 1. The summed E-state index contributed by atoms with van der Waals surface area (Å²) in [4.78, 5) is 24.2. The summed E-state index contributed by atoms with van der Waals surface area (Å²) in [7, 11) is 3.59. The molecule has 2 aromatic heterocycles. The molecule has 2 heterocycles. The number of hydrogen-bond donors (Lipinski definition) is 1. The second kappa shape index (κ2) is 7.70. The molecular formula is C19H22N4O2S. The van der Waals surface area contributed by atoms with Gasteiger partial charge < -0.3 is 15.0 Å². The molecule has 0 unspecified atom stereocenters. The minimum Gasteiger partial charge on any atom is -0.497 e. The molecule has 0 saturated heterocycles. The number of methoxy groups -OCH3 is 1. The zero-order chi connectivity index (χ0) is 18.7. The predicted octanol–water partition coefficient (Wildman–Crippen LogP) is 3.18. The monoisotopic (exact) mass is 370 g/mol.